The van der Waals surface area contributed by atoms with Crippen molar-refractivity contribution in [3.8, 4) is 0 Å². The second kappa shape index (κ2) is 13.7. The van der Waals surface area contributed by atoms with Crippen molar-refractivity contribution in [1.82, 2.24) is 10.2 Å². The van der Waals surface area contributed by atoms with Gasteiger partial charge in [0.1, 0.15) is 12.6 Å². The largest absolute Gasteiger partial charge is 0.352 e. The van der Waals surface area contributed by atoms with Gasteiger partial charge in [-0.05, 0) is 75.2 Å². The van der Waals surface area contributed by atoms with Crippen molar-refractivity contribution in [3.63, 3.8) is 0 Å². The molecule has 214 valence electrons. The molecule has 0 saturated carbocycles. The number of carbonyl (C=O) groups excluding carboxylic acids is 2. The van der Waals surface area contributed by atoms with Crippen molar-refractivity contribution >= 4 is 62.3 Å². The fourth-order valence-corrected chi connectivity index (χ4v) is 6.11. The number of sulfonamides is 1. The Morgan fingerprint density at radius 3 is 2.08 bits per heavy atom. The zero-order valence-electron chi connectivity index (χ0n) is 22.7. The van der Waals surface area contributed by atoms with Crippen LogP contribution in [0.3, 0.4) is 0 Å². The Balaban J connectivity index is 2.08. The molecule has 0 unspecified atom stereocenters. The fraction of sp³-hybridized carbons (Fsp3) is 0.310. The monoisotopic (exact) mass is 623 g/mol. The summed E-state index contributed by atoms with van der Waals surface area (Å²) in [5.74, 6) is -0.988. The molecule has 0 aliphatic rings. The van der Waals surface area contributed by atoms with Gasteiger partial charge in [-0.2, -0.15) is 0 Å². The number of halogens is 3. The first kappa shape index (κ1) is 31.7. The Labute approximate surface area is 251 Å². The predicted molar refractivity (Wildman–Crippen MR) is 162 cm³/mol. The number of rotatable bonds is 11. The summed E-state index contributed by atoms with van der Waals surface area (Å²) in [6, 6.07) is 16.5. The van der Waals surface area contributed by atoms with E-state index in [-0.39, 0.29) is 23.4 Å². The quantitative estimate of drug-likeness (QED) is 0.265. The lowest BCUT2D eigenvalue weighted by Gasteiger charge is -2.33. The lowest BCUT2D eigenvalue weighted by Crippen LogP contribution is -2.52. The average molecular weight is 625 g/mol. The highest BCUT2D eigenvalue weighted by Crippen LogP contribution is 2.30. The van der Waals surface area contributed by atoms with E-state index in [4.69, 9.17) is 34.8 Å². The Bertz CT molecular complexity index is 1450. The number of amides is 2. The van der Waals surface area contributed by atoms with Crippen LogP contribution in [-0.4, -0.2) is 43.8 Å². The van der Waals surface area contributed by atoms with Gasteiger partial charge in [-0.15, -0.1) is 0 Å². The Hall–Kier alpha value is -2.78. The van der Waals surface area contributed by atoms with Crippen LogP contribution in [0.4, 0.5) is 5.69 Å². The minimum atomic E-state index is -4.21. The van der Waals surface area contributed by atoms with Gasteiger partial charge in [0, 0.05) is 33.2 Å². The summed E-state index contributed by atoms with van der Waals surface area (Å²) in [4.78, 5) is 28.5. The molecule has 1 N–H and O–H groups in total. The third kappa shape index (κ3) is 7.49. The summed E-state index contributed by atoms with van der Waals surface area (Å²) in [5.41, 5.74) is 1.43. The van der Waals surface area contributed by atoms with Crippen molar-refractivity contribution in [2.75, 3.05) is 10.8 Å². The number of benzene rings is 3. The Morgan fingerprint density at radius 2 is 1.50 bits per heavy atom. The molecule has 7 nitrogen and oxygen atoms in total. The third-order valence-corrected chi connectivity index (χ3v) is 9.36. The molecule has 2 amide bonds. The van der Waals surface area contributed by atoms with E-state index in [0.29, 0.717) is 38.3 Å². The number of hydrogen-bond acceptors (Lipinski definition) is 4. The van der Waals surface area contributed by atoms with E-state index in [1.807, 2.05) is 13.8 Å². The molecule has 0 aromatic heterocycles. The number of nitrogens with zero attached hydrogens (tertiary/aromatic N) is 2. The third-order valence-electron chi connectivity index (χ3n) is 6.62. The van der Waals surface area contributed by atoms with E-state index in [9.17, 15) is 18.0 Å². The second-order valence-electron chi connectivity index (χ2n) is 9.47. The summed E-state index contributed by atoms with van der Waals surface area (Å²) >= 11 is 18.8. The highest BCUT2D eigenvalue weighted by molar-refractivity contribution is 7.92. The van der Waals surface area contributed by atoms with Gasteiger partial charge in [-0.1, -0.05) is 66.0 Å². The summed E-state index contributed by atoms with van der Waals surface area (Å²) in [6.45, 7) is 6.47. The van der Waals surface area contributed by atoms with Crippen LogP contribution in [0.2, 0.25) is 15.1 Å². The smallest absolute Gasteiger partial charge is 0.264 e. The minimum absolute atomic E-state index is 0.0313. The highest BCUT2D eigenvalue weighted by atomic mass is 35.5. The Morgan fingerprint density at radius 1 is 0.900 bits per heavy atom. The van der Waals surface area contributed by atoms with Crippen molar-refractivity contribution in [2.45, 2.75) is 57.6 Å². The number of para-hydroxylation sites is 1. The number of aryl methyl sites for hydroxylation is 1. The summed E-state index contributed by atoms with van der Waals surface area (Å²) in [5, 5.41) is 3.92. The van der Waals surface area contributed by atoms with Crippen LogP contribution in [0.1, 0.15) is 38.3 Å². The molecule has 2 atom stereocenters. The molecule has 3 aromatic carbocycles. The molecule has 3 rings (SSSR count). The number of anilines is 1. The lowest BCUT2D eigenvalue weighted by atomic mass is 10.1. The van der Waals surface area contributed by atoms with Crippen LogP contribution in [0.5, 0.6) is 0 Å². The fourth-order valence-electron chi connectivity index (χ4n) is 3.99. The molecule has 0 fully saturated rings. The summed E-state index contributed by atoms with van der Waals surface area (Å²) in [6.07, 6.45) is 0.698. The van der Waals surface area contributed by atoms with Gasteiger partial charge in [0.05, 0.1) is 10.6 Å². The molecule has 0 aliphatic carbocycles. The van der Waals surface area contributed by atoms with Crippen LogP contribution in [0, 0.1) is 6.92 Å². The molecule has 0 aliphatic heterocycles. The van der Waals surface area contributed by atoms with Gasteiger partial charge in [-0.3, -0.25) is 13.9 Å². The maximum Gasteiger partial charge on any atom is 0.264 e. The molecule has 0 bridgehead atoms. The molecule has 0 radical (unpaired) electrons. The first-order valence-corrected chi connectivity index (χ1v) is 15.3. The van der Waals surface area contributed by atoms with E-state index in [0.717, 1.165) is 4.31 Å². The molecule has 0 spiro atoms. The molecule has 0 saturated heterocycles. The van der Waals surface area contributed by atoms with Gasteiger partial charge in [0.2, 0.25) is 11.8 Å². The van der Waals surface area contributed by atoms with Crippen molar-refractivity contribution in [3.05, 3.63) is 92.9 Å². The molecule has 3 aromatic rings. The van der Waals surface area contributed by atoms with Crippen LogP contribution >= 0.6 is 34.8 Å². The van der Waals surface area contributed by atoms with E-state index in [1.165, 1.54) is 29.2 Å². The maximum absolute atomic E-state index is 14.0. The van der Waals surface area contributed by atoms with Gasteiger partial charge < -0.3 is 10.2 Å². The van der Waals surface area contributed by atoms with E-state index < -0.39 is 28.5 Å². The lowest BCUT2D eigenvalue weighted by molar-refractivity contribution is -0.139. The molecular formula is C29H32Cl3N3O4S. The van der Waals surface area contributed by atoms with E-state index >= 15 is 0 Å². The molecule has 0 heterocycles. The zero-order valence-corrected chi connectivity index (χ0v) is 25.8. The first-order valence-electron chi connectivity index (χ1n) is 12.7. The van der Waals surface area contributed by atoms with Gasteiger partial charge in [-0.25, -0.2) is 8.42 Å². The van der Waals surface area contributed by atoms with Crippen molar-refractivity contribution < 1.29 is 18.0 Å². The number of hydrogen-bond donors (Lipinski definition) is 1. The molecular weight excluding hydrogens is 593 g/mol. The van der Waals surface area contributed by atoms with Crippen molar-refractivity contribution in [1.29, 1.82) is 0 Å². The van der Waals surface area contributed by atoms with E-state index in [1.54, 1.807) is 56.3 Å². The first-order chi connectivity index (χ1) is 18.9. The molecule has 40 heavy (non-hydrogen) atoms. The van der Waals surface area contributed by atoms with Crippen molar-refractivity contribution in [2.24, 2.45) is 0 Å². The highest BCUT2D eigenvalue weighted by Gasteiger charge is 2.33. The van der Waals surface area contributed by atoms with Gasteiger partial charge >= 0.3 is 0 Å². The molecule has 11 heteroatoms. The minimum Gasteiger partial charge on any atom is -0.352 e. The van der Waals surface area contributed by atoms with Gasteiger partial charge in [0.15, 0.2) is 0 Å². The number of carbonyl (C=O) groups is 2. The predicted octanol–water partition coefficient (Wildman–Crippen LogP) is 6.48. The second-order valence-corrected chi connectivity index (χ2v) is 12.6. The Kier molecular flexibility index (Phi) is 10.9. The summed E-state index contributed by atoms with van der Waals surface area (Å²) < 4.78 is 28.8. The zero-order chi connectivity index (χ0) is 29.6. The van der Waals surface area contributed by atoms with Crippen LogP contribution in [-0.2, 0) is 26.2 Å². The van der Waals surface area contributed by atoms with Crippen LogP contribution in [0.15, 0.2) is 71.6 Å². The van der Waals surface area contributed by atoms with Crippen LogP contribution < -0.4 is 9.62 Å². The summed E-state index contributed by atoms with van der Waals surface area (Å²) in [7, 11) is -4.21. The topological polar surface area (TPSA) is 86.8 Å². The van der Waals surface area contributed by atoms with E-state index in [2.05, 4.69) is 5.32 Å². The standard InChI is InChI=1S/C29H32Cl3N3O4S/c1-5-20(3)33-29(37)21(4)34(17-24-25(31)10-8-11-26(24)32)28(36)18-35(27-12-7-6-9-19(27)2)40(38,39)23-15-13-22(30)14-16-23/h6-16,20-21H,5,17-18H2,1-4H3,(H,33,37)/t20-,21+/m1/s1. The van der Waals surface area contributed by atoms with Gasteiger partial charge in [0.25, 0.3) is 10.0 Å². The SMILES string of the molecule is CC[C@@H](C)NC(=O)[C@H](C)N(Cc1c(Cl)cccc1Cl)C(=O)CN(c1ccccc1C)S(=O)(=O)c1ccc(Cl)cc1. The van der Waals surface area contributed by atoms with Crippen LogP contribution in [0.25, 0.3) is 0 Å². The maximum atomic E-state index is 14.0. The number of nitrogens with one attached hydrogen (secondary N) is 1. The normalized spacial score (nSPS) is 12.9. The average Bonchev–Trinajstić information content (AvgIpc) is 2.91.